The molecule has 4 rings (SSSR count). The van der Waals surface area contributed by atoms with E-state index in [2.05, 4.69) is 21.1 Å². The highest BCUT2D eigenvalue weighted by Crippen LogP contribution is 2.23. The van der Waals surface area contributed by atoms with Crippen molar-refractivity contribution in [2.75, 3.05) is 13.1 Å². The third kappa shape index (κ3) is 5.17. The van der Waals surface area contributed by atoms with E-state index in [0.717, 1.165) is 9.80 Å². The fourth-order valence-electron chi connectivity index (χ4n) is 3.83. The highest BCUT2D eigenvalue weighted by atomic mass is 16.2. The minimum absolute atomic E-state index is 0.125. The number of benzene rings is 2. The molecule has 0 unspecified atom stereocenters. The van der Waals surface area contributed by atoms with E-state index in [9.17, 15) is 28.8 Å². The van der Waals surface area contributed by atoms with E-state index in [1.54, 1.807) is 48.5 Å². The van der Waals surface area contributed by atoms with Gasteiger partial charge < -0.3 is 0 Å². The molecule has 12 heteroatoms. The molecule has 0 spiro atoms. The highest BCUT2D eigenvalue weighted by Gasteiger charge is 2.36. The van der Waals surface area contributed by atoms with Crippen molar-refractivity contribution in [1.82, 2.24) is 20.7 Å². The molecule has 2 N–H and O–H groups in total. The van der Waals surface area contributed by atoms with Gasteiger partial charge in [-0.15, -0.1) is 0 Å². The van der Waals surface area contributed by atoms with Crippen molar-refractivity contribution in [3.8, 4) is 0 Å². The summed E-state index contributed by atoms with van der Waals surface area (Å²) in [6.45, 7) is 2.80. The number of carbonyl (C=O) groups excluding carboxylic acids is 6. The normalized spacial score (nSPS) is 15.2. The zero-order chi connectivity index (χ0) is 26.7. The van der Waals surface area contributed by atoms with Crippen LogP contribution in [0.5, 0.6) is 0 Å². The van der Waals surface area contributed by atoms with Crippen molar-refractivity contribution in [2.24, 2.45) is 10.2 Å². The second-order valence-corrected chi connectivity index (χ2v) is 8.42. The lowest BCUT2D eigenvalue weighted by molar-refractivity contribution is -0.129. The maximum absolute atomic E-state index is 12.4. The number of hydrogen-bond donors (Lipinski definition) is 2. The zero-order valence-corrected chi connectivity index (χ0v) is 20.0. The summed E-state index contributed by atoms with van der Waals surface area (Å²) in [5.74, 6) is -3.28. The Morgan fingerprint density at radius 1 is 0.622 bits per heavy atom. The van der Waals surface area contributed by atoms with Crippen LogP contribution < -0.4 is 10.9 Å². The molecule has 2 aromatic rings. The summed E-state index contributed by atoms with van der Waals surface area (Å²) >= 11 is 0. The number of carbonyl (C=O) groups is 6. The first-order valence-corrected chi connectivity index (χ1v) is 11.2. The van der Waals surface area contributed by atoms with Crippen LogP contribution in [0.15, 0.2) is 58.7 Å². The number of hydrazone groups is 2. The number of imide groups is 2. The number of amides is 6. The van der Waals surface area contributed by atoms with Crippen molar-refractivity contribution in [2.45, 2.75) is 20.3 Å². The maximum atomic E-state index is 12.4. The second kappa shape index (κ2) is 10.3. The van der Waals surface area contributed by atoms with Gasteiger partial charge in [-0.3, -0.25) is 38.6 Å². The molecule has 0 bridgehead atoms. The van der Waals surface area contributed by atoms with Crippen LogP contribution in [0.25, 0.3) is 0 Å². The van der Waals surface area contributed by atoms with Crippen molar-refractivity contribution in [3.05, 3.63) is 70.8 Å². The molecule has 2 aliphatic rings. The predicted molar refractivity (Wildman–Crippen MR) is 131 cm³/mol. The van der Waals surface area contributed by atoms with Gasteiger partial charge in [0.25, 0.3) is 23.6 Å². The molecular formula is C25H22N6O6. The van der Waals surface area contributed by atoms with Crippen LogP contribution in [0.2, 0.25) is 0 Å². The van der Waals surface area contributed by atoms with Gasteiger partial charge in [-0.25, -0.2) is 10.9 Å². The van der Waals surface area contributed by atoms with E-state index in [4.69, 9.17) is 0 Å². The van der Waals surface area contributed by atoms with Gasteiger partial charge in [-0.1, -0.05) is 24.3 Å². The molecule has 6 amide bonds. The number of nitrogens with zero attached hydrogens (tertiary/aromatic N) is 4. The summed E-state index contributed by atoms with van der Waals surface area (Å²) in [5.41, 5.74) is 6.17. The Bertz CT molecular complexity index is 1240. The molecule has 2 aromatic carbocycles. The Balaban J connectivity index is 1.24. The first kappa shape index (κ1) is 25.1. The summed E-state index contributed by atoms with van der Waals surface area (Å²) in [6, 6.07) is 12.9. The van der Waals surface area contributed by atoms with Gasteiger partial charge in [0.1, 0.15) is 6.42 Å². The topological polar surface area (TPSA) is 158 Å². The highest BCUT2D eigenvalue weighted by molar-refractivity contribution is 6.23. The summed E-state index contributed by atoms with van der Waals surface area (Å²) < 4.78 is 0. The molecule has 12 nitrogen and oxygen atoms in total. The molecule has 0 radical (unpaired) electrons. The summed E-state index contributed by atoms with van der Waals surface area (Å²) in [5, 5.41) is 7.69. The van der Waals surface area contributed by atoms with Crippen LogP contribution in [0.4, 0.5) is 0 Å². The Labute approximate surface area is 211 Å². The molecule has 0 saturated carbocycles. The second-order valence-electron chi connectivity index (χ2n) is 8.42. The number of fused-ring (bicyclic) bond motifs is 2. The lowest BCUT2D eigenvalue weighted by Gasteiger charge is -2.13. The van der Waals surface area contributed by atoms with Gasteiger partial charge in [0.15, 0.2) is 0 Å². The smallest absolute Gasteiger partial charge is 0.261 e. The Morgan fingerprint density at radius 2 is 0.919 bits per heavy atom. The van der Waals surface area contributed by atoms with Gasteiger partial charge >= 0.3 is 0 Å². The van der Waals surface area contributed by atoms with E-state index in [0.29, 0.717) is 22.3 Å². The summed E-state index contributed by atoms with van der Waals surface area (Å²) in [6.07, 6.45) is -0.604. The standard InChI is InChI=1S/C25H22N6O6/c1-14(12-30-22(34)16-7-3-4-8-17(16)23(30)35)26-28-20(32)11-21(33)29-27-15(2)13-31-24(36)18-9-5-6-10-19(18)25(31)37/h3-10H,11-13H2,1-2H3,(H,28,32)(H,29,33)/b26-14-,27-15-. The molecule has 188 valence electrons. The van der Waals surface area contributed by atoms with E-state index in [-0.39, 0.29) is 24.5 Å². The fourth-order valence-corrected chi connectivity index (χ4v) is 3.83. The first-order valence-electron chi connectivity index (χ1n) is 11.2. The number of nitrogens with one attached hydrogen (secondary N) is 2. The van der Waals surface area contributed by atoms with Gasteiger partial charge in [-0.05, 0) is 38.1 Å². The molecule has 2 aliphatic heterocycles. The van der Waals surface area contributed by atoms with Crippen LogP contribution in [-0.2, 0) is 9.59 Å². The lowest BCUT2D eigenvalue weighted by Crippen LogP contribution is -2.36. The third-order valence-corrected chi connectivity index (χ3v) is 5.59. The van der Waals surface area contributed by atoms with E-state index >= 15 is 0 Å². The fraction of sp³-hybridized carbons (Fsp3) is 0.200. The summed E-state index contributed by atoms with van der Waals surface area (Å²) in [4.78, 5) is 75.8. The van der Waals surface area contributed by atoms with Gasteiger partial charge in [0.05, 0.1) is 46.8 Å². The third-order valence-electron chi connectivity index (χ3n) is 5.59. The molecule has 0 fully saturated rings. The average Bonchev–Trinajstić information content (AvgIpc) is 3.27. The van der Waals surface area contributed by atoms with E-state index < -0.39 is 41.9 Å². The van der Waals surface area contributed by atoms with Crippen molar-refractivity contribution >= 4 is 46.9 Å². The van der Waals surface area contributed by atoms with Crippen molar-refractivity contribution in [3.63, 3.8) is 0 Å². The van der Waals surface area contributed by atoms with Gasteiger partial charge in [0.2, 0.25) is 11.8 Å². The summed E-state index contributed by atoms with van der Waals surface area (Å²) in [7, 11) is 0. The van der Waals surface area contributed by atoms with Crippen molar-refractivity contribution < 1.29 is 28.8 Å². The van der Waals surface area contributed by atoms with Crippen LogP contribution in [0.3, 0.4) is 0 Å². The minimum atomic E-state index is -0.743. The minimum Gasteiger partial charge on any atom is -0.273 e. The largest absolute Gasteiger partial charge is 0.273 e. The maximum Gasteiger partial charge on any atom is 0.261 e. The van der Waals surface area contributed by atoms with Crippen LogP contribution >= 0.6 is 0 Å². The molecule has 0 aliphatic carbocycles. The average molecular weight is 502 g/mol. The van der Waals surface area contributed by atoms with Crippen LogP contribution in [0, 0.1) is 0 Å². The first-order chi connectivity index (χ1) is 17.7. The van der Waals surface area contributed by atoms with Crippen LogP contribution in [0.1, 0.15) is 61.7 Å². The number of rotatable bonds is 8. The molecule has 0 atom stereocenters. The van der Waals surface area contributed by atoms with Gasteiger partial charge in [0, 0.05) is 0 Å². The van der Waals surface area contributed by atoms with Gasteiger partial charge in [-0.2, -0.15) is 10.2 Å². The monoisotopic (exact) mass is 502 g/mol. The molecule has 0 aromatic heterocycles. The Kier molecular flexibility index (Phi) is 7.00. The van der Waals surface area contributed by atoms with Crippen LogP contribution in [-0.4, -0.2) is 69.8 Å². The zero-order valence-electron chi connectivity index (χ0n) is 20.0. The molecular weight excluding hydrogens is 480 g/mol. The molecule has 37 heavy (non-hydrogen) atoms. The predicted octanol–water partition coefficient (Wildman–Crippen LogP) is 0.953. The van der Waals surface area contributed by atoms with Crippen molar-refractivity contribution in [1.29, 1.82) is 0 Å². The molecule has 2 heterocycles. The van der Waals surface area contributed by atoms with E-state index in [1.165, 1.54) is 13.8 Å². The lowest BCUT2D eigenvalue weighted by atomic mass is 10.1. The Morgan fingerprint density at radius 3 is 1.22 bits per heavy atom. The van der Waals surface area contributed by atoms with E-state index in [1.807, 2.05) is 0 Å². The molecule has 0 saturated heterocycles. The number of hydrogen-bond acceptors (Lipinski definition) is 8. The Hall–Kier alpha value is -5.00. The SMILES string of the molecule is C/C(CN1C(=O)c2ccccc2C1=O)=N/NC(=O)CC(=O)N/N=C(/C)CN1C(=O)c2ccccc2C1=O. The quantitative estimate of drug-likeness (QED) is 0.237.